The number of nitrogens with zero attached hydrogens (tertiary/aromatic N) is 1. The maximum absolute atomic E-state index is 12.0. The van der Waals surface area contributed by atoms with E-state index in [9.17, 15) is 9.59 Å². The molecule has 1 amide bonds. The molecular formula is C16H17ClN2O3S. The van der Waals surface area contributed by atoms with E-state index < -0.39 is 0 Å². The van der Waals surface area contributed by atoms with Crippen molar-refractivity contribution in [2.45, 2.75) is 26.2 Å². The lowest BCUT2D eigenvalue weighted by Gasteiger charge is -2.02. The van der Waals surface area contributed by atoms with Crippen LogP contribution in [-0.2, 0) is 27.2 Å². The Kier molecular flexibility index (Phi) is 6.12. The molecule has 5 nitrogen and oxygen atoms in total. The number of benzene rings is 1. The van der Waals surface area contributed by atoms with E-state index in [1.807, 2.05) is 12.1 Å². The summed E-state index contributed by atoms with van der Waals surface area (Å²) in [6.45, 7) is 1.80. The molecule has 2 rings (SSSR count). The number of esters is 1. The first kappa shape index (κ1) is 17.4. The molecule has 1 aromatic carbocycles. The molecule has 0 bridgehead atoms. The van der Waals surface area contributed by atoms with Crippen molar-refractivity contribution >= 4 is 39.9 Å². The first-order valence-electron chi connectivity index (χ1n) is 7.05. The zero-order valence-electron chi connectivity index (χ0n) is 12.9. The lowest BCUT2D eigenvalue weighted by molar-refractivity contribution is -0.139. The van der Waals surface area contributed by atoms with Crippen molar-refractivity contribution in [3.63, 3.8) is 0 Å². The van der Waals surface area contributed by atoms with Crippen LogP contribution in [-0.4, -0.2) is 24.0 Å². The lowest BCUT2D eigenvalue weighted by atomic mass is 10.1. The second-order valence-corrected chi connectivity index (χ2v) is 6.48. The van der Waals surface area contributed by atoms with E-state index in [4.69, 9.17) is 11.6 Å². The van der Waals surface area contributed by atoms with Gasteiger partial charge in [-0.1, -0.05) is 23.7 Å². The third-order valence-electron chi connectivity index (χ3n) is 3.23. The molecule has 122 valence electrons. The first-order valence-corrected chi connectivity index (χ1v) is 8.25. The molecule has 0 radical (unpaired) electrons. The zero-order chi connectivity index (χ0) is 16.8. The maximum atomic E-state index is 12.0. The Balaban J connectivity index is 1.88. The minimum absolute atomic E-state index is 0.113. The molecule has 2 aromatic rings. The van der Waals surface area contributed by atoms with Crippen molar-refractivity contribution in [3.05, 3.63) is 45.4 Å². The van der Waals surface area contributed by atoms with Gasteiger partial charge in [-0.2, -0.15) is 0 Å². The van der Waals surface area contributed by atoms with Gasteiger partial charge in [0.15, 0.2) is 5.13 Å². The van der Waals surface area contributed by atoms with Gasteiger partial charge in [-0.15, -0.1) is 11.3 Å². The number of hydrogen-bond acceptors (Lipinski definition) is 5. The summed E-state index contributed by atoms with van der Waals surface area (Å²) in [5.41, 5.74) is 1.78. The van der Waals surface area contributed by atoms with Crippen LogP contribution in [0.4, 0.5) is 5.13 Å². The van der Waals surface area contributed by atoms with Crippen LogP contribution in [0.25, 0.3) is 0 Å². The number of nitrogens with one attached hydrogen (secondary N) is 1. The molecule has 0 saturated carbocycles. The maximum Gasteiger partial charge on any atom is 0.310 e. The highest BCUT2D eigenvalue weighted by Gasteiger charge is 2.13. The second kappa shape index (κ2) is 8.08. The molecule has 1 aromatic heterocycles. The number of thiazole rings is 1. The van der Waals surface area contributed by atoms with Gasteiger partial charge in [-0.25, -0.2) is 4.98 Å². The van der Waals surface area contributed by atoms with Crippen molar-refractivity contribution in [2.75, 3.05) is 12.4 Å². The summed E-state index contributed by atoms with van der Waals surface area (Å²) in [7, 11) is 1.35. The molecule has 0 aliphatic heterocycles. The Morgan fingerprint density at radius 3 is 2.65 bits per heavy atom. The van der Waals surface area contributed by atoms with Gasteiger partial charge < -0.3 is 10.1 Å². The Morgan fingerprint density at radius 1 is 1.30 bits per heavy atom. The molecule has 23 heavy (non-hydrogen) atoms. The third kappa shape index (κ3) is 5.33. The van der Waals surface area contributed by atoms with Gasteiger partial charge in [0.05, 0.1) is 19.2 Å². The van der Waals surface area contributed by atoms with Crippen molar-refractivity contribution in [3.8, 4) is 0 Å². The molecule has 0 saturated heterocycles. The van der Waals surface area contributed by atoms with Gasteiger partial charge in [0.25, 0.3) is 0 Å². The fourth-order valence-electron chi connectivity index (χ4n) is 1.94. The SMILES string of the molecule is COC(=O)Cc1sc(NC(=O)CCc2ccc(Cl)cc2)nc1C. The Labute approximate surface area is 143 Å². The van der Waals surface area contributed by atoms with Gasteiger partial charge in [0.1, 0.15) is 0 Å². The topological polar surface area (TPSA) is 68.3 Å². The van der Waals surface area contributed by atoms with Crippen molar-refractivity contribution < 1.29 is 14.3 Å². The number of hydrogen-bond donors (Lipinski definition) is 1. The summed E-state index contributed by atoms with van der Waals surface area (Å²) >= 11 is 7.12. The van der Waals surface area contributed by atoms with E-state index in [1.165, 1.54) is 18.4 Å². The van der Waals surface area contributed by atoms with Crippen LogP contribution in [0.5, 0.6) is 0 Å². The van der Waals surface area contributed by atoms with Gasteiger partial charge in [0, 0.05) is 16.3 Å². The van der Waals surface area contributed by atoms with Crippen LogP contribution in [0.2, 0.25) is 5.02 Å². The Hall–Kier alpha value is -1.92. The summed E-state index contributed by atoms with van der Waals surface area (Å²) in [6.07, 6.45) is 1.15. The van der Waals surface area contributed by atoms with Crippen LogP contribution in [0.15, 0.2) is 24.3 Å². The average Bonchev–Trinajstić information content (AvgIpc) is 2.86. The van der Waals surface area contributed by atoms with E-state index in [0.29, 0.717) is 23.0 Å². The summed E-state index contributed by atoms with van der Waals surface area (Å²) in [5.74, 6) is -0.435. The minimum atomic E-state index is -0.322. The third-order valence-corrected chi connectivity index (χ3v) is 4.55. The highest BCUT2D eigenvalue weighted by molar-refractivity contribution is 7.16. The fourth-order valence-corrected chi connectivity index (χ4v) is 3.03. The summed E-state index contributed by atoms with van der Waals surface area (Å²) < 4.78 is 4.64. The van der Waals surface area contributed by atoms with Crippen LogP contribution >= 0.6 is 22.9 Å². The first-order chi connectivity index (χ1) is 11.0. The number of rotatable bonds is 6. The Morgan fingerprint density at radius 2 is 2.00 bits per heavy atom. The molecule has 0 unspecified atom stereocenters. The Bertz CT molecular complexity index is 698. The molecular weight excluding hydrogens is 336 g/mol. The normalized spacial score (nSPS) is 10.4. The van der Waals surface area contributed by atoms with Crippen LogP contribution in [0.1, 0.15) is 22.6 Å². The van der Waals surface area contributed by atoms with Crippen molar-refractivity contribution in [1.82, 2.24) is 4.98 Å². The lowest BCUT2D eigenvalue weighted by Crippen LogP contribution is -2.12. The molecule has 1 N–H and O–H groups in total. The minimum Gasteiger partial charge on any atom is -0.469 e. The number of amides is 1. The van der Waals surface area contributed by atoms with E-state index in [-0.39, 0.29) is 18.3 Å². The molecule has 0 aliphatic rings. The predicted octanol–water partition coefficient (Wildman–Crippen LogP) is 3.39. The number of anilines is 1. The van der Waals surface area contributed by atoms with E-state index in [0.717, 1.165) is 16.1 Å². The molecule has 0 spiro atoms. The highest BCUT2D eigenvalue weighted by atomic mass is 35.5. The standard InChI is InChI=1S/C16H17ClN2O3S/c1-10-13(9-15(21)22-2)23-16(18-10)19-14(20)8-5-11-3-6-12(17)7-4-11/h3-4,6-7H,5,8-9H2,1-2H3,(H,18,19,20). The highest BCUT2D eigenvalue weighted by Crippen LogP contribution is 2.23. The summed E-state index contributed by atoms with van der Waals surface area (Å²) in [6, 6.07) is 7.41. The van der Waals surface area contributed by atoms with Crippen molar-refractivity contribution in [2.24, 2.45) is 0 Å². The average molecular weight is 353 g/mol. The zero-order valence-corrected chi connectivity index (χ0v) is 14.5. The number of halogens is 1. The number of methoxy groups -OCH3 is 1. The van der Waals surface area contributed by atoms with Crippen molar-refractivity contribution in [1.29, 1.82) is 0 Å². The largest absolute Gasteiger partial charge is 0.469 e. The quantitative estimate of drug-likeness (QED) is 0.809. The number of carbonyl (C=O) groups excluding carboxylic acids is 2. The second-order valence-electron chi connectivity index (χ2n) is 4.96. The fraction of sp³-hybridized carbons (Fsp3) is 0.312. The van der Waals surface area contributed by atoms with E-state index in [1.54, 1.807) is 19.1 Å². The van der Waals surface area contributed by atoms with Gasteiger partial charge in [-0.3, -0.25) is 9.59 Å². The number of ether oxygens (including phenoxy) is 1. The molecule has 0 fully saturated rings. The summed E-state index contributed by atoms with van der Waals surface area (Å²) in [4.78, 5) is 28.4. The van der Waals surface area contributed by atoms with E-state index >= 15 is 0 Å². The van der Waals surface area contributed by atoms with Gasteiger partial charge in [0.2, 0.25) is 5.91 Å². The van der Waals surface area contributed by atoms with Crippen LogP contribution in [0.3, 0.4) is 0 Å². The monoisotopic (exact) mass is 352 g/mol. The number of aromatic nitrogens is 1. The van der Waals surface area contributed by atoms with Gasteiger partial charge >= 0.3 is 5.97 Å². The van der Waals surface area contributed by atoms with Gasteiger partial charge in [-0.05, 0) is 31.0 Å². The number of carbonyl (C=O) groups is 2. The van der Waals surface area contributed by atoms with Crippen LogP contribution < -0.4 is 5.32 Å². The summed E-state index contributed by atoms with van der Waals surface area (Å²) in [5, 5.41) is 3.94. The smallest absolute Gasteiger partial charge is 0.310 e. The van der Waals surface area contributed by atoms with Crippen LogP contribution in [0, 0.1) is 6.92 Å². The molecule has 0 atom stereocenters. The molecule has 7 heteroatoms. The van der Waals surface area contributed by atoms with E-state index in [2.05, 4.69) is 15.0 Å². The molecule has 0 aliphatic carbocycles. The molecule has 1 heterocycles. The number of aryl methyl sites for hydroxylation is 2. The predicted molar refractivity (Wildman–Crippen MR) is 91.0 cm³/mol.